The van der Waals surface area contributed by atoms with E-state index < -0.39 is 0 Å². The minimum atomic E-state index is 0.0781. The van der Waals surface area contributed by atoms with Crippen molar-refractivity contribution in [1.82, 2.24) is 0 Å². The fraction of sp³-hybridized carbons (Fsp3) is 0.500. The van der Waals surface area contributed by atoms with Crippen molar-refractivity contribution < 1.29 is 14.2 Å². The summed E-state index contributed by atoms with van der Waals surface area (Å²) in [4.78, 5) is 0. The number of rotatable bonds is 6. The minimum absolute atomic E-state index is 0.0781. The highest BCUT2D eigenvalue weighted by Crippen LogP contribution is 2.26. The van der Waals surface area contributed by atoms with Gasteiger partial charge in [0.1, 0.15) is 18.1 Å². The number of hydrogen-bond donors (Lipinski definition) is 0. The van der Waals surface area contributed by atoms with Crippen LogP contribution in [0, 0.1) is 0 Å². The summed E-state index contributed by atoms with van der Waals surface area (Å²) in [5, 5.41) is 0.758. The van der Waals surface area contributed by atoms with E-state index >= 15 is 0 Å². The standard InChI is InChI=1S/C12H17BrO3/c1-9(14-2)8-16-12-6-11(15-3)5-4-10(12)7-13/h4-6,9H,7-8H2,1-3H3. The van der Waals surface area contributed by atoms with E-state index in [2.05, 4.69) is 15.9 Å². The van der Waals surface area contributed by atoms with E-state index in [-0.39, 0.29) is 6.10 Å². The van der Waals surface area contributed by atoms with E-state index in [0.29, 0.717) is 6.61 Å². The summed E-state index contributed by atoms with van der Waals surface area (Å²) in [5.74, 6) is 1.63. The molecule has 0 spiro atoms. The Morgan fingerprint density at radius 3 is 2.62 bits per heavy atom. The Labute approximate surface area is 105 Å². The largest absolute Gasteiger partial charge is 0.497 e. The van der Waals surface area contributed by atoms with Crippen LogP contribution in [0.2, 0.25) is 0 Å². The molecule has 1 unspecified atom stereocenters. The molecule has 0 aromatic heterocycles. The molecular weight excluding hydrogens is 272 g/mol. The summed E-state index contributed by atoms with van der Waals surface area (Å²) in [6.45, 7) is 2.50. The van der Waals surface area contributed by atoms with Crippen molar-refractivity contribution in [3.8, 4) is 11.5 Å². The molecule has 16 heavy (non-hydrogen) atoms. The van der Waals surface area contributed by atoms with Crippen molar-refractivity contribution in [2.24, 2.45) is 0 Å². The second-order valence-corrected chi connectivity index (χ2v) is 4.03. The van der Waals surface area contributed by atoms with Gasteiger partial charge in [-0.05, 0) is 13.0 Å². The van der Waals surface area contributed by atoms with Gasteiger partial charge in [0.05, 0.1) is 13.2 Å². The van der Waals surface area contributed by atoms with Crippen molar-refractivity contribution in [3.63, 3.8) is 0 Å². The summed E-state index contributed by atoms with van der Waals surface area (Å²) < 4.78 is 16.0. The molecule has 1 atom stereocenters. The Hall–Kier alpha value is -0.740. The Balaban J connectivity index is 2.75. The zero-order chi connectivity index (χ0) is 12.0. The molecule has 3 nitrogen and oxygen atoms in total. The van der Waals surface area contributed by atoms with Crippen molar-refractivity contribution in [1.29, 1.82) is 0 Å². The first-order chi connectivity index (χ1) is 7.71. The van der Waals surface area contributed by atoms with E-state index in [4.69, 9.17) is 14.2 Å². The second-order valence-electron chi connectivity index (χ2n) is 3.46. The maximum absolute atomic E-state index is 5.69. The third kappa shape index (κ3) is 3.68. The van der Waals surface area contributed by atoms with Crippen LogP contribution < -0.4 is 9.47 Å². The number of benzene rings is 1. The lowest BCUT2D eigenvalue weighted by Crippen LogP contribution is -2.16. The SMILES string of the molecule is COc1ccc(CBr)c(OCC(C)OC)c1. The fourth-order valence-corrected chi connectivity index (χ4v) is 1.65. The molecule has 0 saturated heterocycles. The molecule has 0 saturated carbocycles. The van der Waals surface area contributed by atoms with Crippen LogP contribution in [0.25, 0.3) is 0 Å². The van der Waals surface area contributed by atoms with Gasteiger partial charge in [-0.1, -0.05) is 22.0 Å². The second kappa shape index (κ2) is 6.76. The number of halogens is 1. The summed E-state index contributed by atoms with van der Waals surface area (Å²) >= 11 is 3.43. The van der Waals surface area contributed by atoms with Crippen LogP contribution in [-0.4, -0.2) is 26.9 Å². The van der Waals surface area contributed by atoms with Crippen LogP contribution in [-0.2, 0) is 10.1 Å². The molecule has 0 heterocycles. The third-order valence-corrected chi connectivity index (χ3v) is 2.90. The average Bonchev–Trinajstić information content (AvgIpc) is 2.35. The van der Waals surface area contributed by atoms with Crippen molar-refractivity contribution in [3.05, 3.63) is 23.8 Å². The highest BCUT2D eigenvalue weighted by atomic mass is 79.9. The summed E-state index contributed by atoms with van der Waals surface area (Å²) in [5.41, 5.74) is 1.10. The fourth-order valence-electron chi connectivity index (χ4n) is 1.18. The number of ether oxygens (including phenoxy) is 3. The molecule has 0 aliphatic heterocycles. The lowest BCUT2D eigenvalue weighted by molar-refractivity contribution is 0.0713. The van der Waals surface area contributed by atoms with Crippen molar-refractivity contribution in [2.75, 3.05) is 20.8 Å². The van der Waals surface area contributed by atoms with E-state index in [0.717, 1.165) is 22.4 Å². The van der Waals surface area contributed by atoms with Gasteiger partial charge in [0.2, 0.25) is 0 Å². The molecular formula is C12H17BrO3. The van der Waals surface area contributed by atoms with Crippen LogP contribution >= 0.6 is 15.9 Å². The first kappa shape index (κ1) is 13.3. The van der Waals surface area contributed by atoms with Crippen LogP contribution in [0.15, 0.2) is 18.2 Å². The Morgan fingerprint density at radius 1 is 1.31 bits per heavy atom. The number of methoxy groups -OCH3 is 2. The third-order valence-electron chi connectivity index (χ3n) is 2.29. The Morgan fingerprint density at radius 2 is 2.06 bits per heavy atom. The molecule has 0 aliphatic carbocycles. The molecule has 1 aromatic rings. The Kier molecular flexibility index (Phi) is 5.63. The molecule has 0 N–H and O–H groups in total. The summed E-state index contributed by atoms with van der Waals surface area (Å²) in [6.07, 6.45) is 0.0781. The van der Waals surface area contributed by atoms with E-state index in [1.165, 1.54) is 0 Å². The molecule has 90 valence electrons. The van der Waals surface area contributed by atoms with Gasteiger partial charge in [0.15, 0.2) is 0 Å². The topological polar surface area (TPSA) is 27.7 Å². The molecule has 0 radical (unpaired) electrons. The normalized spacial score (nSPS) is 12.2. The highest BCUT2D eigenvalue weighted by molar-refractivity contribution is 9.08. The summed E-state index contributed by atoms with van der Waals surface area (Å²) in [6, 6.07) is 5.79. The average molecular weight is 289 g/mol. The maximum atomic E-state index is 5.69. The lowest BCUT2D eigenvalue weighted by Gasteiger charge is -2.14. The lowest BCUT2D eigenvalue weighted by atomic mass is 10.2. The van der Waals surface area contributed by atoms with E-state index in [9.17, 15) is 0 Å². The zero-order valence-electron chi connectivity index (χ0n) is 9.83. The predicted molar refractivity (Wildman–Crippen MR) is 67.6 cm³/mol. The predicted octanol–water partition coefficient (Wildman–Crippen LogP) is 3.00. The number of alkyl halides is 1. The van der Waals surface area contributed by atoms with E-state index in [1.807, 2.05) is 25.1 Å². The van der Waals surface area contributed by atoms with Gasteiger partial charge in [-0.2, -0.15) is 0 Å². The molecule has 0 amide bonds. The van der Waals surface area contributed by atoms with Crippen molar-refractivity contribution >= 4 is 15.9 Å². The Bertz CT molecular complexity index is 328. The van der Waals surface area contributed by atoms with Gasteiger partial charge in [-0.15, -0.1) is 0 Å². The molecule has 0 fully saturated rings. The maximum Gasteiger partial charge on any atom is 0.127 e. The smallest absolute Gasteiger partial charge is 0.127 e. The zero-order valence-corrected chi connectivity index (χ0v) is 11.4. The summed E-state index contributed by atoms with van der Waals surface area (Å²) in [7, 11) is 3.32. The molecule has 1 rings (SSSR count). The minimum Gasteiger partial charge on any atom is -0.497 e. The monoisotopic (exact) mass is 288 g/mol. The molecule has 4 heteroatoms. The van der Waals surface area contributed by atoms with Gasteiger partial charge in [-0.3, -0.25) is 0 Å². The quantitative estimate of drug-likeness (QED) is 0.753. The van der Waals surface area contributed by atoms with Crippen molar-refractivity contribution in [2.45, 2.75) is 18.4 Å². The molecule has 0 bridgehead atoms. The van der Waals surface area contributed by atoms with Gasteiger partial charge in [0.25, 0.3) is 0 Å². The van der Waals surface area contributed by atoms with Crippen LogP contribution in [0.4, 0.5) is 0 Å². The van der Waals surface area contributed by atoms with Gasteiger partial charge < -0.3 is 14.2 Å². The van der Waals surface area contributed by atoms with Crippen LogP contribution in [0.3, 0.4) is 0 Å². The van der Waals surface area contributed by atoms with Gasteiger partial charge >= 0.3 is 0 Å². The highest BCUT2D eigenvalue weighted by Gasteiger charge is 2.07. The van der Waals surface area contributed by atoms with Gasteiger partial charge in [0, 0.05) is 24.1 Å². The first-order valence-corrected chi connectivity index (χ1v) is 6.22. The van der Waals surface area contributed by atoms with Crippen LogP contribution in [0.5, 0.6) is 11.5 Å². The van der Waals surface area contributed by atoms with Crippen LogP contribution in [0.1, 0.15) is 12.5 Å². The first-order valence-electron chi connectivity index (χ1n) is 5.09. The number of hydrogen-bond acceptors (Lipinski definition) is 3. The van der Waals surface area contributed by atoms with E-state index in [1.54, 1.807) is 14.2 Å². The molecule has 1 aromatic carbocycles. The van der Waals surface area contributed by atoms with Gasteiger partial charge in [-0.25, -0.2) is 0 Å². The molecule has 0 aliphatic rings.